The van der Waals surface area contributed by atoms with Gasteiger partial charge in [-0.15, -0.1) is 22.9 Å². The van der Waals surface area contributed by atoms with Crippen molar-refractivity contribution in [1.29, 1.82) is 0 Å². The highest BCUT2D eigenvalue weighted by atomic mass is 35.5. The van der Waals surface area contributed by atoms with Gasteiger partial charge in [-0.25, -0.2) is 4.98 Å². The number of aromatic nitrogens is 1. The third-order valence-corrected chi connectivity index (χ3v) is 3.66. The first-order valence-electron chi connectivity index (χ1n) is 5.85. The third kappa shape index (κ3) is 4.44. The van der Waals surface area contributed by atoms with E-state index in [1.54, 1.807) is 5.38 Å². The maximum atomic E-state index is 12.4. The lowest BCUT2D eigenvalue weighted by molar-refractivity contribution is -0.137. The number of carbonyl (C=O) groups excluding carboxylic acids is 1. The molecule has 1 amide bonds. The summed E-state index contributed by atoms with van der Waals surface area (Å²) in [6.07, 6.45) is -4.40. The van der Waals surface area contributed by atoms with Crippen molar-refractivity contribution in [2.75, 3.05) is 5.32 Å². The molecule has 1 heterocycles. The molecular formula is C13H10ClF3N2OS. The molecule has 21 heavy (non-hydrogen) atoms. The van der Waals surface area contributed by atoms with Gasteiger partial charge in [-0.2, -0.15) is 13.2 Å². The van der Waals surface area contributed by atoms with Crippen LogP contribution < -0.4 is 5.32 Å². The fraction of sp³-hybridized carbons (Fsp3) is 0.231. The van der Waals surface area contributed by atoms with Gasteiger partial charge in [0.2, 0.25) is 5.91 Å². The summed E-state index contributed by atoms with van der Waals surface area (Å²) >= 11 is 6.84. The quantitative estimate of drug-likeness (QED) is 0.856. The van der Waals surface area contributed by atoms with E-state index in [0.29, 0.717) is 16.4 Å². The lowest BCUT2D eigenvalue weighted by Gasteiger charge is -2.07. The number of amides is 1. The van der Waals surface area contributed by atoms with Crippen molar-refractivity contribution < 1.29 is 18.0 Å². The summed E-state index contributed by atoms with van der Waals surface area (Å²) in [5, 5.41) is 4.72. The minimum atomic E-state index is -4.38. The number of thiazole rings is 1. The van der Waals surface area contributed by atoms with Gasteiger partial charge in [-0.3, -0.25) is 4.79 Å². The number of hydrogen-bond acceptors (Lipinski definition) is 3. The Morgan fingerprint density at radius 2 is 1.95 bits per heavy atom. The van der Waals surface area contributed by atoms with Gasteiger partial charge in [-0.05, 0) is 17.7 Å². The molecule has 0 aliphatic rings. The third-order valence-electron chi connectivity index (χ3n) is 2.58. The van der Waals surface area contributed by atoms with Crippen molar-refractivity contribution >= 4 is 34.0 Å². The molecule has 2 aromatic rings. The van der Waals surface area contributed by atoms with E-state index in [9.17, 15) is 18.0 Å². The molecule has 1 aromatic carbocycles. The molecule has 1 N–H and O–H groups in total. The average molecular weight is 335 g/mol. The molecule has 0 saturated carbocycles. The van der Waals surface area contributed by atoms with Gasteiger partial charge in [0.05, 0.1) is 23.6 Å². The highest BCUT2D eigenvalue weighted by molar-refractivity contribution is 7.13. The Labute approximate surface area is 127 Å². The number of nitrogens with zero attached hydrogens (tertiary/aromatic N) is 1. The van der Waals surface area contributed by atoms with Gasteiger partial charge in [0.15, 0.2) is 5.13 Å². The first kappa shape index (κ1) is 15.8. The zero-order valence-corrected chi connectivity index (χ0v) is 12.1. The number of carbonyl (C=O) groups is 1. The monoisotopic (exact) mass is 334 g/mol. The Bertz CT molecular complexity index is 625. The Hall–Kier alpha value is -1.60. The summed E-state index contributed by atoms with van der Waals surface area (Å²) < 4.78 is 37.2. The number of anilines is 1. The van der Waals surface area contributed by atoms with Gasteiger partial charge >= 0.3 is 6.18 Å². The SMILES string of the molecule is O=C(Cc1ccc(C(F)(F)F)cc1)Nc1nc(CCl)cs1. The fourth-order valence-corrected chi connectivity index (χ4v) is 2.54. The molecule has 8 heteroatoms. The van der Waals surface area contributed by atoms with E-state index >= 15 is 0 Å². The molecule has 2 rings (SSSR count). The lowest BCUT2D eigenvalue weighted by Crippen LogP contribution is -2.14. The van der Waals surface area contributed by atoms with Gasteiger partial charge in [0.25, 0.3) is 0 Å². The molecule has 3 nitrogen and oxygen atoms in total. The number of alkyl halides is 4. The molecular weight excluding hydrogens is 325 g/mol. The molecule has 0 atom stereocenters. The molecule has 0 saturated heterocycles. The van der Waals surface area contributed by atoms with Crippen LogP contribution in [0.15, 0.2) is 29.6 Å². The summed E-state index contributed by atoms with van der Waals surface area (Å²) in [5.74, 6) is -0.0871. The number of nitrogens with one attached hydrogen (secondary N) is 1. The summed E-state index contributed by atoms with van der Waals surface area (Å²) in [5.41, 5.74) is 0.416. The van der Waals surface area contributed by atoms with E-state index in [4.69, 9.17) is 11.6 Å². The maximum Gasteiger partial charge on any atom is 0.416 e. The van der Waals surface area contributed by atoms with Crippen molar-refractivity contribution in [1.82, 2.24) is 4.98 Å². The van der Waals surface area contributed by atoms with Crippen LogP contribution in [-0.4, -0.2) is 10.9 Å². The molecule has 0 spiro atoms. The lowest BCUT2D eigenvalue weighted by atomic mass is 10.1. The van der Waals surface area contributed by atoms with Crippen LogP contribution in [0.4, 0.5) is 18.3 Å². The van der Waals surface area contributed by atoms with Crippen molar-refractivity contribution in [2.45, 2.75) is 18.5 Å². The number of benzene rings is 1. The summed E-state index contributed by atoms with van der Waals surface area (Å²) in [6.45, 7) is 0. The Kier molecular flexibility index (Phi) is 4.84. The smallest absolute Gasteiger partial charge is 0.302 e. The fourth-order valence-electron chi connectivity index (χ4n) is 1.59. The van der Waals surface area contributed by atoms with Crippen molar-refractivity contribution in [3.8, 4) is 0 Å². The second-order valence-corrected chi connectivity index (χ2v) is 5.32. The Balaban J connectivity index is 1.96. The first-order valence-corrected chi connectivity index (χ1v) is 7.26. The largest absolute Gasteiger partial charge is 0.416 e. The van der Waals surface area contributed by atoms with E-state index in [1.807, 2.05) is 0 Å². The minimum absolute atomic E-state index is 0.0199. The van der Waals surface area contributed by atoms with E-state index in [0.717, 1.165) is 12.1 Å². The highest BCUT2D eigenvalue weighted by Crippen LogP contribution is 2.29. The standard InChI is InChI=1S/C13H10ClF3N2OS/c14-6-10-7-21-12(18-10)19-11(20)5-8-1-3-9(4-2-8)13(15,16)17/h1-4,7H,5-6H2,(H,18,19,20). The molecule has 0 unspecified atom stereocenters. The van der Waals surface area contributed by atoms with Crippen LogP contribution in [0, 0.1) is 0 Å². The van der Waals surface area contributed by atoms with Gasteiger partial charge in [0.1, 0.15) is 0 Å². The Morgan fingerprint density at radius 1 is 1.29 bits per heavy atom. The van der Waals surface area contributed by atoms with E-state index in [2.05, 4.69) is 10.3 Å². The first-order chi connectivity index (χ1) is 9.88. The summed E-state index contributed by atoms with van der Waals surface area (Å²) in [7, 11) is 0. The average Bonchev–Trinajstić information content (AvgIpc) is 2.85. The Morgan fingerprint density at radius 3 is 2.48 bits per heavy atom. The zero-order valence-electron chi connectivity index (χ0n) is 10.6. The molecule has 0 fully saturated rings. The highest BCUT2D eigenvalue weighted by Gasteiger charge is 2.29. The summed E-state index contributed by atoms with van der Waals surface area (Å²) in [6, 6.07) is 4.48. The molecule has 1 aromatic heterocycles. The predicted octanol–water partition coefficient (Wildman–Crippen LogP) is 4.08. The topological polar surface area (TPSA) is 42.0 Å². The second kappa shape index (κ2) is 6.44. The van der Waals surface area contributed by atoms with E-state index in [-0.39, 0.29) is 18.2 Å². The minimum Gasteiger partial charge on any atom is -0.302 e. The molecule has 0 bridgehead atoms. The van der Waals surface area contributed by atoms with Gasteiger partial charge in [-0.1, -0.05) is 12.1 Å². The van der Waals surface area contributed by atoms with Crippen molar-refractivity contribution in [2.24, 2.45) is 0 Å². The normalized spacial score (nSPS) is 11.4. The number of halogens is 4. The van der Waals surface area contributed by atoms with Crippen LogP contribution >= 0.6 is 22.9 Å². The van der Waals surface area contributed by atoms with Crippen LogP contribution in [0.2, 0.25) is 0 Å². The van der Waals surface area contributed by atoms with Crippen molar-refractivity contribution in [3.63, 3.8) is 0 Å². The van der Waals surface area contributed by atoms with Crippen LogP contribution in [0.1, 0.15) is 16.8 Å². The van der Waals surface area contributed by atoms with Gasteiger partial charge < -0.3 is 5.32 Å². The zero-order chi connectivity index (χ0) is 15.5. The second-order valence-electron chi connectivity index (χ2n) is 4.20. The van der Waals surface area contributed by atoms with Crippen LogP contribution in [0.5, 0.6) is 0 Å². The number of hydrogen-bond donors (Lipinski definition) is 1. The van der Waals surface area contributed by atoms with Crippen LogP contribution in [0.25, 0.3) is 0 Å². The van der Waals surface area contributed by atoms with Crippen LogP contribution in [-0.2, 0) is 23.3 Å². The molecule has 0 aliphatic carbocycles. The number of rotatable bonds is 4. The van der Waals surface area contributed by atoms with Crippen molar-refractivity contribution in [3.05, 3.63) is 46.5 Å². The summed E-state index contributed by atoms with van der Waals surface area (Å²) in [4.78, 5) is 15.8. The maximum absolute atomic E-state index is 12.4. The molecule has 112 valence electrons. The van der Waals surface area contributed by atoms with E-state index in [1.165, 1.54) is 23.5 Å². The van der Waals surface area contributed by atoms with Gasteiger partial charge in [0, 0.05) is 5.38 Å². The molecule has 0 aliphatic heterocycles. The van der Waals surface area contributed by atoms with Crippen LogP contribution in [0.3, 0.4) is 0 Å². The predicted molar refractivity (Wildman–Crippen MR) is 75.4 cm³/mol. The molecule has 0 radical (unpaired) electrons. The van der Waals surface area contributed by atoms with E-state index < -0.39 is 11.7 Å².